The average molecular weight is 219 g/mol. The second-order valence-corrected chi connectivity index (χ2v) is 3.73. The van der Waals surface area contributed by atoms with E-state index in [1.54, 1.807) is 0 Å². The van der Waals surface area contributed by atoms with Gasteiger partial charge in [0.15, 0.2) is 0 Å². The van der Waals surface area contributed by atoms with Crippen LogP contribution in [0.3, 0.4) is 0 Å². The quantitative estimate of drug-likeness (QED) is 0.497. The molecule has 0 aliphatic carbocycles. The van der Waals surface area contributed by atoms with Crippen LogP contribution in [0.1, 0.15) is 6.92 Å². The van der Waals surface area contributed by atoms with E-state index < -0.39 is 24.4 Å². The Morgan fingerprint density at radius 1 is 1.47 bits per heavy atom. The third kappa shape index (κ3) is 2.46. The lowest BCUT2D eigenvalue weighted by Crippen LogP contribution is -2.60. The number of nitrogens with zero attached hydrogens (tertiary/aromatic N) is 1. The lowest BCUT2D eigenvalue weighted by molar-refractivity contribution is -0.182. The first kappa shape index (κ1) is 12.4. The second kappa shape index (κ2) is 4.89. The first-order chi connectivity index (χ1) is 6.99. The van der Waals surface area contributed by atoms with Crippen molar-refractivity contribution in [2.24, 2.45) is 0 Å². The maximum atomic E-state index is 11.1. The van der Waals surface area contributed by atoms with Gasteiger partial charge in [0.1, 0.15) is 18.3 Å². The zero-order valence-corrected chi connectivity index (χ0v) is 8.83. The van der Waals surface area contributed by atoms with Crippen molar-refractivity contribution in [1.29, 1.82) is 0 Å². The van der Waals surface area contributed by atoms with Crippen molar-refractivity contribution in [3.63, 3.8) is 0 Å². The molecule has 0 radical (unpaired) electrons. The predicted molar refractivity (Wildman–Crippen MR) is 51.1 cm³/mol. The zero-order valence-electron chi connectivity index (χ0n) is 8.83. The SMILES string of the molecule is CC(=O)N(C)[C@@H]1CO[C@H](CO)[C@H](O)[C@@H]1O. The van der Waals surface area contributed by atoms with Gasteiger partial charge >= 0.3 is 0 Å². The Hall–Kier alpha value is -0.690. The van der Waals surface area contributed by atoms with Crippen LogP contribution >= 0.6 is 0 Å². The van der Waals surface area contributed by atoms with E-state index in [1.165, 1.54) is 18.9 Å². The molecular weight excluding hydrogens is 202 g/mol. The zero-order chi connectivity index (χ0) is 11.6. The third-order valence-electron chi connectivity index (χ3n) is 2.78. The number of likely N-dealkylation sites (N-methyl/N-ethyl adjacent to an activating group) is 1. The Bertz CT molecular complexity index is 235. The van der Waals surface area contributed by atoms with Gasteiger partial charge in [-0.1, -0.05) is 0 Å². The van der Waals surface area contributed by atoms with Crippen LogP contribution in [0, 0.1) is 0 Å². The number of aliphatic hydroxyl groups excluding tert-OH is 3. The van der Waals surface area contributed by atoms with Crippen LogP contribution in [0.25, 0.3) is 0 Å². The number of ether oxygens (including phenoxy) is 1. The number of amides is 1. The fraction of sp³-hybridized carbons (Fsp3) is 0.889. The summed E-state index contributed by atoms with van der Waals surface area (Å²) >= 11 is 0. The van der Waals surface area contributed by atoms with Crippen molar-refractivity contribution in [1.82, 2.24) is 4.90 Å². The van der Waals surface area contributed by atoms with Gasteiger partial charge in [0.05, 0.1) is 19.3 Å². The van der Waals surface area contributed by atoms with Gasteiger partial charge in [-0.3, -0.25) is 4.79 Å². The van der Waals surface area contributed by atoms with Crippen LogP contribution in [0.5, 0.6) is 0 Å². The minimum Gasteiger partial charge on any atom is -0.394 e. The summed E-state index contributed by atoms with van der Waals surface area (Å²) in [4.78, 5) is 12.4. The topological polar surface area (TPSA) is 90.2 Å². The van der Waals surface area contributed by atoms with E-state index in [2.05, 4.69) is 0 Å². The van der Waals surface area contributed by atoms with Crippen molar-refractivity contribution in [3.8, 4) is 0 Å². The first-order valence-corrected chi connectivity index (χ1v) is 4.81. The molecule has 6 nitrogen and oxygen atoms in total. The van der Waals surface area contributed by atoms with Gasteiger partial charge in [-0.15, -0.1) is 0 Å². The molecule has 0 aromatic heterocycles. The van der Waals surface area contributed by atoms with E-state index in [0.717, 1.165) is 0 Å². The van der Waals surface area contributed by atoms with Crippen LogP contribution in [0.2, 0.25) is 0 Å². The van der Waals surface area contributed by atoms with Gasteiger partial charge in [0.25, 0.3) is 0 Å². The van der Waals surface area contributed by atoms with Gasteiger partial charge in [0.2, 0.25) is 5.91 Å². The largest absolute Gasteiger partial charge is 0.394 e. The number of carbonyl (C=O) groups excluding carboxylic acids is 1. The van der Waals surface area contributed by atoms with Crippen molar-refractivity contribution >= 4 is 5.91 Å². The van der Waals surface area contributed by atoms with Gasteiger partial charge in [-0.05, 0) is 0 Å². The van der Waals surface area contributed by atoms with Crippen LogP contribution in [-0.2, 0) is 9.53 Å². The van der Waals surface area contributed by atoms with Crippen LogP contribution < -0.4 is 0 Å². The van der Waals surface area contributed by atoms with Gasteiger partial charge in [-0.25, -0.2) is 0 Å². The molecule has 0 unspecified atom stereocenters. The van der Waals surface area contributed by atoms with Gasteiger partial charge in [0, 0.05) is 14.0 Å². The molecule has 3 N–H and O–H groups in total. The van der Waals surface area contributed by atoms with E-state index in [0.29, 0.717) is 0 Å². The fourth-order valence-corrected chi connectivity index (χ4v) is 1.60. The standard InChI is InChI=1S/C9H17NO5/c1-5(12)10(2)6-4-15-7(3-11)9(14)8(6)13/h6-9,11,13-14H,3-4H2,1-2H3/t6-,7-,8-,9+/m1/s1. The second-order valence-electron chi connectivity index (χ2n) is 3.73. The maximum Gasteiger partial charge on any atom is 0.219 e. The molecule has 88 valence electrons. The van der Waals surface area contributed by atoms with E-state index in [1.807, 2.05) is 0 Å². The number of aliphatic hydroxyl groups is 3. The molecule has 0 bridgehead atoms. The Morgan fingerprint density at radius 3 is 2.53 bits per heavy atom. The molecule has 0 saturated carbocycles. The van der Waals surface area contributed by atoms with E-state index in [4.69, 9.17) is 9.84 Å². The smallest absolute Gasteiger partial charge is 0.219 e. The molecule has 4 atom stereocenters. The summed E-state index contributed by atoms with van der Waals surface area (Å²) in [6.07, 6.45) is -3.04. The van der Waals surface area contributed by atoms with Crippen molar-refractivity contribution in [2.45, 2.75) is 31.3 Å². The van der Waals surface area contributed by atoms with E-state index in [9.17, 15) is 15.0 Å². The summed E-state index contributed by atoms with van der Waals surface area (Å²) in [6, 6.07) is -0.569. The fourth-order valence-electron chi connectivity index (χ4n) is 1.60. The van der Waals surface area contributed by atoms with Crippen molar-refractivity contribution in [3.05, 3.63) is 0 Å². The molecule has 6 heteroatoms. The van der Waals surface area contributed by atoms with Crippen molar-refractivity contribution in [2.75, 3.05) is 20.3 Å². The first-order valence-electron chi connectivity index (χ1n) is 4.81. The van der Waals surface area contributed by atoms with Crippen molar-refractivity contribution < 1.29 is 24.9 Å². The summed E-state index contributed by atoms with van der Waals surface area (Å²) in [6.45, 7) is 1.13. The summed E-state index contributed by atoms with van der Waals surface area (Å²) < 4.78 is 5.14. The maximum absolute atomic E-state index is 11.1. The number of hydrogen-bond donors (Lipinski definition) is 3. The number of hydrogen-bond acceptors (Lipinski definition) is 5. The number of carbonyl (C=O) groups is 1. The Labute approximate surface area is 88.1 Å². The molecule has 1 rings (SSSR count). The summed E-state index contributed by atoms with van der Waals surface area (Å²) in [5, 5.41) is 28.1. The molecule has 1 aliphatic heterocycles. The van der Waals surface area contributed by atoms with Gasteiger partial charge < -0.3 is 25.0 Å². The molecule has 0 spiro atoms. The molecule has 1 aliphatic rings. The molecule has 0 aromatic carbocycles. The number of rotatable bonds is 2. The van der Waals surface area contributed by atoms with Crippen LogP contribution in [-0.4, -0.2) is 70.7 Å². The molecule has 0 aromatic rings. The molecule has 1 saturated heterocycles. The predicted octanol–water partition coefficient (Wildman–Crippen LogP) is -2.05. The molecule has 1 heterocycles. The molecule has 15 heavy (non-hydrogen) atoms. The lowest BCUT2D eigenvalue weighted by atomic mass is 9.97. The molecular formula is C9H17NO5. The normalized spacial score (nSPS) is 36.3. The molecule has 1 amide bonds. The minimum atomic E-state index is -1.17. The highest BCUT2D eigenvalue weighted by Gasteiger charge is 2.40. The monoisotopic (exact) mass is 219 g/mol. The minimum absolute atomic E-state index is 0.111. The Morgan fingerprint density at radius 2 is 2.07 bits per heavy atom. The third-order valence-corrected chi connectivity index (χ3v) is 2.78. The highest BCUT2D eigenvalue weighted by molar-refractivity contribution is 5.73. The van der Waals surface area contributed by atoms with Crippen LogP contribution in [0.15, 0.2) is 0 Å². The van der Waals surface area contributed by atoms with Crippen LogP contribution in [0.4, 0.5) is 0 Å². The highest BCUT2D eigenvalue weighted by Crippen LogP contribution is 2.18. The van der Waals surface area contributed by atoms with E-state index in [-0.39, 0.29) is 19.1 Å². The summed E-state index contributed by atoms with van der Waals surface area (Å²) in [5.41, 5.74) is 0. The van der Waals surface area contributed by atoms with E-state index >= 15 is 0 Å². The average Bonchev–Trinajstić information content (AvgIpc) is 2.21. The lowest BCUT2D eigenvalue weighted by Gasteiger charge is -2.40. The summed E-state index contributed by atoms with van der Waals surface area (Å²) in [5.74, 6) is -0.211. The highest BCUT2D eigenvalue weighted by atomic mass is 16.5. The Kier molecular flexibility index (Phi) is 4.04. The van der Waals surface area contributed by atoms with Gasteiger partial charge in [-0.2, -0.15) is 0 Å². The Balaban J connectivity index is 2.67. The molecule has 1 fully saturated rings. The summed E-state index contributed by atoms with van der Waals surface area (Å²) in [7, 11) is 1.53.